The van der Waals surface area contributed by atoms with E-state index in [0.29, 0.717) is 35.5 Å². The molecule has 0 aliphatic heterocycles. The summed E-state index contributed by atoms with van der Waals surface area (Å²) in [5.74, 6) is 1.66. The van der Waals surface area contributed by atoms with Crippen LogP contribution in [-0.2, 0) is 23.9 Å². The van der Waals surface area contributed by atoms with Crippen LogP contribution in [-0.4, -0.2) is 27.9 Å². The van der Waals surface area contributed by atoms with Crippen molar-refractivity contribution in [2.45, 2.75) is 57.7 Å². The van der Waals surface area contributed by atoms with Crippen LogP contribution in [0.4, 0.5) is 19.1 Å². The highest BCUT2D eigenvalue weighted by molar-refractivity contribution is 5.78. The number of carbonyl (C=O) groups excluding carboxylic acids is 1. The van der Waals surface area contributed by atoms with E-state index in [0.717, 1.165) is 50.2 Å². The van der Waals surface area contributed by atoms with Crippen LogP contribution in [0.15, 0.2) is 48.5 Å². The Morgan fingerprint density at radius 2 is 1.85 bits per heavy atom. The predicted octanol–water partition coefficient (Wildman–Crippen LogP) is 5.92. The maximum atomic E-state index is 13.3. The first-order valence-corrected chi connectivity index (χ1v) is 13.1. The second-order valence-electron chi connectivity index (χ2n) is 9.83. The van der Waals surface area contributed by atoms with Gasteiger partial charge in [0.2, 0.25) is 11.9 Å². The third-order valence-corrected chi connectivity index (χ3v) is 7.12. The van der Waals surface area contributed by atoms with Crippen LogP contribution in [0, 0.1) is 23.2 Å². The van der Waals surface area contributed by atoms with Crippen molar-refractivity contribution in [1.29, 1.82) is 5.26 Å². The Labute approximate surface area is 225 Å². The molecule has 2 N–H and O–H groups in total. The van der Waals surface area contributed by atoms with Crippen LogP contribution in [0.3, 0.4) is 0 Å². The SMILES string of the molecule is CNc1nc(CCC[C@@H]2CCC[C@H](C(=O)NCc3ccccc3C(F)(F)F)C2)nc(-c2ccc(C#N)cc2)n1. The summed E-state index contributed by atoms with van der Waals surface area (Å²) >= 11 is 0. The molecule has 1 saturated carbocycles. The molecule has 1 aromatic heterocycles. The van der Waals surface area contributed by atoms with Crippen molar-refractivity contribution in [3.8, 4) is 17.5 Å². The van der Waals surface area contributed by atoms with Gasteiger partial charge in [-0.3, -0.25) is 4.79 Å². The van der Waals surface area contributed by atoms with Gasteiger partial charge in [0, 0.05) is 31.5 Å². The number of hydrogen-bond acceptors (Lipinski definition) is 6. The van der Waals surface area contributed by atoms with Gasteiger partial charge in [-0.15, -0.1) is 0 Å². The van der Waals surface area contributed by atoms with E-state index in [1.807, 2.05) is 12.1 Å². The second-order valence-corrected chi connectivity index (χ2v) is 9.83. The fourth-order valence-electron chi connectivity index (χ4n) is 5.08. The van der Waals surface area contributed by atoms with E-state index in [-0.39, 0.29) is 23.9 Å². The Morgan fingerprint density at radius 3 is 2.56 bits per heavy atom. The van der Waals surface area contributed by atoms with E-state index in [1.165, 1.54) is 12.1 Å². The van der Waals surface area contributed by atoms with E-state index < -0.39 is 11.7 Å². The van der Waals surface area contributed by atoms with Crippen LogP contribution in [0.1, 0.15) is 61.0 Å². The molecule has 4 rings (SSSR count). The summed E-state index contributed by atoms with van der Waals surface area (Å²) in [6, 6.07) is 14.5. The highest BCUT2D eigenvalue weighted by atomic mass is 19.4. The topological polar surface area (TPSA) is 104 Å². The van der Waals surface area contributed by atoms with Crippen molar-refractivity contribution in [2.75, 3.05) is 12.4 Å². The molecule has 1 fully saturated rings. The lowest BCUT2D eigenvalue weighted by molar-refractivity contribution is -0.138. The number of amides is 1. The van der Waals surface area contributed by atoms with Gasteiger partial charge in [0.15, 0.2) is 5.82 Å². The molecule has 39 heavy (non-hydrogen) atoms. The van der Waals surface area contributed by atoms with Gasteiger partial charge in [-0.2, -0.15) is 28.4 Å². The third-order valence-electron chi connectivity index (χ3n) is 7.12. The molecule has 10 heteroatoms. The normalized spacial score (nSPS) is 17.3. The number of nitriles is 1. The zero-order valence-corrected chi connectivity index (χ0v) is 21.8. The van der Waals surface area contributed by atoms with Crippen LogP contribution >= 0.6 is 0 Å². The van der Waals surface area contributed by atoms with Crippen molar-refractivity contribution < 1.29 is 18.0 Å². The van der Waals surface area contributed by atoms with Gasteiger partial charge in [0.25, 0.3) is 0 Å². The molecule has 204 valence electrons. The Bertz CT molecular complexity index is 1320. The van der Waals surface area contributed by atoms with Crippen molar-refractivity contribution in [3.63, 3.8) is 0 Å². The van der Waals surface area contributed by atoms with Gasteiger partial charge in [-0.05, 0) is 67.5 Å². The maximum absolute atomic E-state index is 13.3. The van der Waals surface area contributed by atoms with E-state index >= 15 is 0 Å². The molecule has 1 amide bonds. The molecule has 7 nitrogen and oxygen atoms in total. The number of halogens is 3. The molecule has 3 aromatic rings. The van der Waals surface area contributed by atoms with Crippen LogP contribution < -0.4 is 10.6 Å². The highest BCUT2D eigenvalue weighted by Crippen LogP contribution is 2.34. The highest BCUT2D eigenvalue weighted by Gasteiger charge is 2.33. The standard InChI is InChI=1S/C29H31F3N6O/c1-34-28-37-25(36-26(38-28)21-14-12-20(17-33)13-15-21)11-5-7-19-6-4-9-22(16-19)27(39)35-18-23-8-2-3-10-24(23)29(30,31)32/h2-3,8,10,12-15,19,22H,4-7,9,11,16,18H2,1H3,(H,35,39)(H,34,36,37,38)/t19-,22-/m0/s1. The third kappa shape index (κ3) is 7.53. The summed E-state index contributed by atoms with van der Waals surface area (Å²) in [6.45, 7) is -0.134. The number of aromatic nitrogens is 3. The van der Waals surface area contributed by atoms with Gasteiger partial charge < -0.3 is 10.6 Å². The van der Waals surface area contributed by atoms with Crippen LogP contribution in [0.5, 0.6) is 0 Å². The molecule has 2 aromatic carbocycles. The molecule has 0 unspecified atom stereocenters. The van der Waals surface area contributed by atoms with Gasteiger partial charge in [-0.1, -0.05) is 31.0 Å². The fraction of sp³-hybridized carbons (Fsp3) is 0.414. The molecule has 2 atom stereocenters. The first-order valence-electron chi connectivity index (χ1n) is 13.1. The summed E-state index contributed by atoms with van der Waals surface area (Å²) in [7, 11) is 1.75. The van der Waals surface area contributed by atoms with Crippen molar-refractivity contribution in [3.05, 3.63) is 71.0 Å². The van der Waals surface area contributed by atoms with Crippen molar-refractivity contribution >= 4 is 11.9 Å². The van der Waals surface area contributed by atoms with E-state index in [1.54, 1.807) is 25.2 Å². The zero-order valence-electron chi connectivity index (χ0n) is 21.8. The summed E-state index contributed by atoms with van der Waals surface area (Å²) in [5, 5.41) is 14.7. The minimum absolute atomic E-state index is 0.0735. The van der Waals surface area contributed by atoms with Crippen molar-refractivity contribution in [2.24, 2.45) is 11.8 Å². The lowest BCUT2D eigenvalue weighted by Crippen LogP contribution is -2.34. The van der Waals surface area contributed by atoms with Crippen LogP contribution in [0.2, 0.25) is 0 Å². The average molecular weight is 537 g/mol. The fourth-order valence-corrected chi connectivity index (χ4v) is 5.08. The predicted molar refractivity (Wildman–Crippen MR) is 141 cm³/mol. The molecule has 0 bridgehead atoms. The lowest BCUT2D eigenvalue weighted by Gasteiger charge is -2.28. The molecule has 0 saturated heterocycles. The zero-order chi connectivity index (χ0) is 27.8. The lowest BCUT2D eigenvalue weighted by atomic mass is 9.78. The maximum Gasteiger partial charge on any atom is 0.416 e. The number of aryl methyl sites for hydroxylation is 1. The van der Waals surface area contributed by atoms with Gasteiger partial charge in [-0.25, -0.2) is 4.98 Å². The number of hydrogen-bond donors (Lipinski definition) is 2. The van der Waals surface area contributed by atoms with E-state index in [4.69, 9.17) is 5.26 Å². The summed E-state index contributed by atoms with van der Waals surface area (Å²) in [5.41, 5.74) is 0.721. The molecule has 1 aliphatic rings. The summed E-state index contributed by atoms with van der Waals surface area (Å²) in [4.78, 5) is 26.4. The first-order chi connectivity index (χ1) is 18.8. The summed E-state index contributed by atoms with van der Waals surface area (Å²) in [6.07, 6.45) is 1.37. The van der Waals surface area contributed by atoms with Gasteiger partial charge in [0.05, 0.1) is 17.2 Å². The largest absolute Gasteiger partial charge is 0.416 e. The summed E-state index contributed by atoms with van der Waals surface area (Å²) < 4.78 is 39.8. The number of nitrogens with one attached hydrogen (secondary N) is 2. The Hall–Kier alpha value is -4.00. The number of rotatable bonds is 9. The molecule has 1 heterocycles. The second kappa shape index (κ2) is 12.7. The van der Waals surface area contributed by atoms with Gasteiger partial charge in [0.1, 0.15) is 5.82 Å². The van der Waals surface area contributed by atoms with E-state index in [2.05, 4.69) is 31.7 Å². The van der Waals surface area contributed by atoms with E-state index in [9.17, 15) is 18.0 Å². The molecular formula is C29H31F3N6O. The Morgan fingerprint density at radius 1 is 1.08 bits per heavy atom. The Kier molecular flexibility index (Phi) is 9.12. The number of carbonyl (C=O) groups is 1. The minimum atomic E-state index is -4.45. The number of alkyl halides is 3. The number of anilines is 1. The molecular weight excluding hydrogens is 505 g/mol. The van der Waals surface area contributed by atoms with Gasteiger partial charge >= 0.3 is 6.18 Å². The first kappa shape index (κ1) is 28.0. The molecule has 0 radical (unpaired) electrons. The monoisotopic (exact) mass is 536 g/mol. The quantitative estimate of drug-likeness (QED) is 0.352. The minimum Gasteiger partial charge on any atom is -0.357 e. The molecule has 1 aliphatic carbocycles. The molecule has 0 spiro atoms. The number of benzene rings is 2. The average Bonchev–Trinajstić information content (AvgIpc) is 2.95. The number of nitrogens with zero attached hydrogens (tertiary/aromatic N) is 4. The van der Waals surface area contributed by atoms with Crippen molar-refractivity contribution in [1.82, 2.24) is 20.3 Å². The Balaban J connectivity index is 1.31. The van der Waals surface area contributed by atoms with Crippen LogP contribution in [0.25, 0.3) is 11.4 Å². The smallest absolute Gasteiger partial charge is 0.357 e.